The quantitative estimate of drug-likeness (QED) is 0.742. The Hall–Kier alpha value is -2.01. The molecule has 0 bridgehead atoms. The van der Waals surface area contributed by atoms with Crippen LogP contribution < -0.4 is 5.32 Å². The summed E-state index contributed by atoms with van der Waals surface area (Å²) in [6, 6.07) is 6.08. The van der Waals surface area contributed by atoms with Crippen molar-refractivity contribution in [2.75, 3.05) is 13.1 Å². The molecule has 5 nitrogen and oxygen atoms in total. The van der Waals surface area contributed by atoms with E-state index in [1.54, 1.807) is 0 Å². The minimum absolute atomic E-state index is 0.0571. The van der Waals surface area contributed by atoms with Gasteiger partial charge in [0.1, 0.15) is 0 Å². The molecule has 1 unspecified atom stereocenters. The van der Waals surface area contributed by atoms with Crippen LogP contribution in [0.4, 0.5) is 0 Å². The number of rotatable bonds is 5. The molecule has 2 amide bonds. The van der Waals surface area contributed by atoms with E-state index < -0.39 is 0 Å². The van der Waals surface area contributed by atoms with Crippen molar-refractivity contribution in [3.05, 3.63) is 35.0 Å². The number of fused-ring (bicyclic) bond motifs is 1. The van der Waals surface area contributed by atoms with Crippen LogP contribution in [-0.2, 0) is 16.0 Å². The van der Waals surface area contributed by atoms with E-state index >= 15 is 0 Å². The molecule has 0 radical (unpaired) electrons. The molecule has 2 aliphatic rings. The van der Waals surface area contributed by atoms with Gasteiger partial charge in [0.2, 0.25) is 11.8 Å². The molecule has 1 aliphatic carbocycles. The van der Waals surface area contributed by atoms with Crippen molar-refractivity contribution in [2.45, 2.75) is 57.4 Å². The van der Waals surface area contributed by atoms with E-state index in [0.717, 1.165) is 35.7 Å². The Kier molecular flexibility index (Phi) is 5.90. The number of hydrogen-bond donors (Lipinski definition) is 2. The standard InChI is InChI=1S/C22H28ClN3O2/c23-17-7-8-20-19(12-17)15(13-24-20)9-10-26-14-16(11-21(26)27)22(28)25-18-5-3-1-2-4-6-18/h7-8,12-13,16,18,24H,1-6,9-11,14H2,(H,25,28). The summed E-state index contributed by atoms with van der Waals surface area (Å²) in [5, 5.41) is 5.01. The summed E-state index contributed by atoms with van der Waals surface area (Å²) in [4.78, 5) is 30.2. The number of hydrogen-bond acceptors (Lipinski definition) is 2. The van der Waals surface area contributed by atoms with Crippen LogP contribution in [0.2, 0.25) is 5.02 Å². The molecule has 28 heavy (non-hydrogen) atoms. The molecule has 1 aliphatic heterocycles. The zero-order chi connectivity index (χ0) is 19.5. The lowest BCUT2D eigenvalue weighted by molar-refractivity contribution is -0.129. The molecule has 1 saturated carbocycles. The summed E-state index contributed by atoms with van der Waals surface area (Å²) in [6.45, 7) is 1.16. The molecule has 1 saturated heterocycles. The highest BCUT2D eigenvalue weighted by atomic mass is 35.5. The predicted octanol–water partition coefficient (Wildman–Crippen LogP) is 4.05. The average molecular weight is 402 g/mol. The Balaban J connectivity index is 1.32. The first-order chi connectivity index (χ1) is 13.6. The van der Waals surface area contributed by atoms with Crippen LogP contribution in [0.5, 0.6) is 0 Å². The first-order valence-corrected chi connectivity index (χ1v) is 10.8. The van der Waals surface area contributed by atoms with E-state index in [4.69, 9.17) is 11.6 Å². The van der Waals surface area contributed by atoms with Crippen molar-refractivity contribution < 1.29 is 9.59 Å². The molecule has 2 N–H and O–H groups in total. The van der Waals surface area contributed by atoms with Gasteiger partial charge in [-0.05, 0) is 43.0 Å². The highest BCUT2D eigenvalue weighted by Crippen LogP contribution is 2.25. The smallest absolute Gasteiger partial charge is 0.225 e. The molecule has 1 atom stereocenters. The van der Waals surface area contributed by atoms with Gasteiger partial charge in [0.15, 0.2) is 0 Å². The van der Waals surface area contributed by atoms with Gasteiger partial charge < -0.3 is 15.2 Å². The fourth-order valence-corrected chi connectivity index (χ4v) is 4.69. The Morgan fingerprint density at radius 2 is 2.00 bits per heavy atom. The molecular weight excluding hydrogens is 374 g/mol. The van der Waals surface area contributed by atoms with E-state index in [9.17, 15) is 9.59 Å². The monoisotopic (exact) mass is 401 g/mol. The maximum absolute atomic E-state index is 12.7. The molecule has 0 spiro atoms. The Morgan fingerprint density at radius 3 is 2.79 bits per heavy atom. The number of nitrogens with zero attached hydrogens (tertiary/aromatic N) is 1. The first-order valence-electron chi connectivity index (χ1n) is 10.4. The minimum Gasteiger partial charge on any atom is -0.361 e. The molecule has 4 rings (SSSR count). The Labute approximate surface area is 170 Å². The van der Waals surface area contributed by atoms with E-state index in [1.807, 2.05) is 29.3 Å². The van der Waals surface area contributed by atoms with Crippen molar-refractivity contribution in [2.24, 2.45) is 5.92 Å². The summed E-state index contributed by atoms with van der Waals surface area (Å²) in [7, 11) is 0. The van der Waals surface area contributed by atoms with E-state index in [1.165, 1.54) is 25.7 Å². The Morgan fingerprint density at radius 1 is 1.21 bits per heavy atom. The van der Waals surface area contributed by atoms with Crippen molar-refractivity contribution >= 4 is 34.3 Å². The number of aromatic amines is 1. The van der Waals surface area contributed by atoms with Gasteiger partial charge in [-0.1, -0.05) is 37.3 Å². The van der Waals surface area contributed by atoms with Crippen LogP contribution in [0, 0.1) is 5.92 Å². The van der Waals surface area contributed by atoms with Crippen LogP contribution >= 0.6 is 11.6 Å². The van der Waals surface area contributed by atoms with Crippen molar-refractivity contribution in [3.8, 4) is 0 Å². The summed E-state index contributed by atoms with van der Waals surface area (Å²) < 4.78 is 0. The molecule has 2 fully saturated rings. The molecular formula is C22H28ClN3O2. The molecule has 1 aromatic heterocycles. The second kappa shape index (κ2) is 8.56. The summed E-state index contributed by atoms with van der Waals surface area (Å²) in [5.41, 5.74) is 2.20. The van der Waals surface area contributed by atoms with Gasteiger partial charge in [0.05, 0.1) is 5.92 Å². The summed E-state index contributed by atoms with van der Waals surface area (Å²) in [5.74, 6) is -0.0753. The zero-order valence-corrected chi connectivity index (χ0v) is 16.9. The number of amides is 2. The maximum Gasteiger partial charge on any atom is 0.225 e. The maximum atomic E-state index is 12.7. The number of aromatic nitrogens is 1. The van der Waals surface area contributed by atoms with E-state index in [-0.39, 0.29) is 23.8 Å². The average Bonchev–Trinajstić information content (AvgIpc) is 3.14. The van der Waals surface area contributed by atoms with Crippen LogP contribution in [0.1, 0.15) is 50.5 Å². The fourth-order valence-electron chi connectivity index (χ4n) is 4.52. The fraction of sp³-hybridized carbons (Fsp3) is 0.545. The lowest BCUT2D eigenvalue weighted by Crippen LogP contribution is -2.39. The molecule has 2 heterocycles. The molecule has 2 aromatic rings. The van der Waals surface area contributed by atoms with Gasteiger partial charge >= 0.3 is 0 Å². The summed E-state index contributed by atoms with van der Waals surface area (Å²) >= 11 is 6.12. The largest absolute Gasteiger partial charge is 0.361 e. The Bertz CT molecular complexity index is 855. The second-order valence-electron chi connectivity index (χ2n) is 8.19. The number of nitrogens with one attached hydrogen (secondary N) is 2. The van der Waals surface area contributed by atoms with Gasteiger partial charge in [-0.25, -0.2) is 0 Å². The topological polar surface area (TPSA) is 65.2 Å². The lowest BCUT2D eigenvalue weighted by atomic mass is 10.0. The number of halogens is 1. The third kappa shape index (κ3) is 4.35. The first kappa shape index (κ1) is 19.3. The normalized spacial score (nSPS) is 21.2. The van der Waals surface area contributed by atoms with Gasteiger partial charge in [-0.2, -0.15) is 0 Å². The molecule has 150 valence electrons. The highest BCUT2D eigenvalue weighted by molar-refractivity contribution is 6.31. The van der Waals surface area contributed by atoms with Crippen molar-refractivity contribution in [3.63, 3.8) is 0 Å². The minimum atomic E-state index is -0.215. The van der Waals surface area contributed by atoms with E-state index in [0.29, 0.717) is 24.5 Å². The third-order valence-electron chi connectivity index (χ3n) is 6.17. The SMILES string of the molecule is O=C(NC1CCCCCC1)C1CC(=O)N(CCc2c[nH]c3ccc(Cl)cc23)C1. The number of likely N-dealkylation sites (tertiary alicyclic amines) is 1. The third-order valence-corrected chi connectivity index (χ3v) is 6.40. The van der Waals surface area contributed by atoms with Gasteiger partial charge in [-0.15, -0.1) is 0 Å². The number of benzene rings is 1. The van der Waals surface area contributed by atoms with Crippen LogP contribution in [0.3, 0.4) is 0 Å². The van der Waals surface area contributed by atoms with Crippen molar-refractivity contribution in [1.82, 2.24) is 15.2 Å². The van der Waals surface area contributed by atoms with Crippen LogP contribution in [0.25, 0.3) is 10.9 Å². The van der Waals surface area contributed by atoms with Gasteiger partial charge in [0.25, 0.3) is 0 Å². The van der Waals surface area contributed by atoms with Crippen molar-refractivity contribution in [1.29, 1.82) is 0 Å². The number of carbonyl (C=O) groups excluding carboxylic acids is 2. The molecule has 1 aromatic carbocycles. The number of carbonyl (C=O) groups is 2. The van der Waals surface area contributed by atoms with E-state index in [2.05, 4.69) is 10.3 Å². The zero-order valence-electron chi connectivity index (χ0n) is 16.2. The molecule has 6 heteroatoms. The second-order valence-corrected chi connectivity index (χ2v) is 8.63. The number of H-pyrrole nitrogens is 1. The van der Waals surface area contributed by atoms with Gasteiger partial charge in [-0.3, -0.25) is 9.59 Å². The highest BCUT2D eigenvalue weighted by Gasteiger charge is 2.34. The summed E-state index contributed by atoms with van der Waals surface area (Å²) in [6.07, 6.45) is 10.1. The van der Waals surface area contributed by atoms with Crippen LogP contribution in [-0.4, -0.2) is 40.8 Å². The predicted molar refractivity (Wildman–Crippen MR) is 111 cm³/mol. The van der Waals surface area contributed by atoms with Gasteiger partial charge in [0, 0.05) is 47.7 Å². The van der Waals surface area contributed by atoms with Crippen LogP contribution in [0.15, 0.2) is 24.4 Å². The lowest BCUT2D eigenvalue weighted by Gasteiger charge is -2.20.